The smallest absolute Gasteiger partial charge is 0.125 e. The second kappa shape index (κ2) is 13.3. The average Bonchev–Trinajstić information content (AvgIpc) is 2.73. The summed E-state index contributed by atoms with van der Waals surface area (Å²) in [6, 6.07) is 12.1. The molecule has 0 aliphatic carbocycles. The third kappa shape index (κ3) is 8.19. The maximum Gasteiger partial charge on any atom is 0.125 e. The van der Waals surface area contributed by atoms with E-state index in [0.717, 1.165) is 47.6 Å². The van der Waals surface area contributed by atoms with Crippen LogP contribution in [-0.2, 0) is 11.3 Å². The number of allylic oxidation sites excluding steroid dienone is 1. The lowest BCUT2D eigenvalue weighted by Gasteiger charge is -2.14. The van der Waals surface area contributed by atoms with E-state index in [0.29, 0.717) is 19.8 Å². The van der Waals surface area contributed by atoms with Crippen molar-refractivity contribution in [3.8, 4) is 17.2 Å². The number of hydrogen-bond donors (Lipinski definition) is 0. The monoisotopic (exact) mass is 411 g/mol. The lowest BCUT2D eigenvalue weighted by molar-refractivity contribution is 0.215. The molecule has 0 atom stereocenters. The van der Waals surface area contributed by atoms with Gasteiger partial charge in [-0.15, -0.1) is 0 Å². The van der Waals surface area contributed by atoms with Crippen molar-refractivity contribution in [1.82, 2.24) is 0 Å². The van der Waals surface area contributed by atoms with E-state index in [9.17, 15) is 0 Å². The molecule has 0 N–H and O–H groups in total. The molecular weight excluding hydrogens is 378 g/mol. The predicted octanol–water partition coefficient (Wildman–Crippen LogP) is 5.67. The number of ether oxygens (including phenoxy) is 3. The molecule has 0 bridgehead atoms. The number of oxime groups is 1. The maximum absolute atomic E-state index is 6.02. The summed E-state index contributed by atoms with van der Waals surface area (Å²) in [5.74, 6) is 2.70. The van der Waals surface area contributed by atoms with Crippen LogP contribution in [0.15, 0.2) is 53.7 Å². The Bertz CT molecular complexity index is 789. The Hall–Kier alpha value is -2.95. The third-order valence-electron chi connectivity index (χ3n) is 4.50. The van der Waals surface area contributed by atoms with E-state index >= 15 is 0 Å². The van der Waals surface area contributed by atoms with Gasteiger partial charge in [0.1, 0.15) is 31.0 Å². The maximum atomic E-state index is 6.02. The Morgan fingerprint density at radius 3 is 2.17 bits per heavy atom. The molecule has 0 saturated heterocycles. The summed E-state index contributed by atoms with van der Waals surface area (Å²) < 4.78 is 17.6. The first kappa shape index (κ1) is 23.3. The quantitative estimate of drug-likeness (QED) is 0.184. The van der Waals surface area contributed by atoms with Crippen molar-refractivity contribution in [2.45, 2.75) is 40.0 Å². The fraction of sp³-hybridized carbons (Fsp3) is 0.400. The molecule has 0 aliphatic heterocycles. The molecule has 0 fully saturated rings. The van der Waals surface area contributed by atoms with Crippen LogP contribution in [-0.4, -0.2) is 33.1 Å². The van der Waals surface area contributed by atoms with Crippen LogP contribution in [0.5, 0.6) is 17.2 Å². The second-order valence-electron chi connectivity index (χ2n) is 6.99. The third-order valence-corrected chi connectivity index (χ3v) is 4.50. The summed E-state index contributed by atoms with van der Waals surface area (Å²) in [6.45, 7) is 8.02. The van der Waals surface area contributed by atoms with Gasteiger partial charge in [0.2, 0.25) is 0 Å². The Morgan fingerprint density at radius 1 is 0.867 bits per heavy atom. The minimum absolute atomic E-state index is 0.584. The van der Waals surface area contributed by atoms with E-state index < -0.39 is 0 Å². The Balaban J connectivity index is 1.68. The van der Waals surface area contributed by atoms with E-state index in [1.807, 2.05) is 55.5 Å². The number of hydrogen-bond acceptors (Lipinski definition) is 5. The highest BCUT2D eigenvalue weighted by atomic mass is 16.6. The Labute approximate surface area is 180 Å². The van der Waals surface area contributed by atoms with Crippen molar-refractivity contribution in [2.24, 2.45) is 5.16 Å². The molecular formula is C25H33NO4. The molecule has 2 aromatic rings. The van der Waals surface area contributed by atoms with Gasteiger partial charge in [-0.25, -0.2) is 0 Å². The molecule has 0 radical (unpaired) electrons. The standard InChI is InChI=1S/C25H33NO4/c1-5-6-15-29-24-18-20(2)25(21(3)19-24)30-17-8-7-16-28-23-11-9-22(10-12-23)13-14-26-27-4/h5-6,9-12,14,18-19H,7-8,13,15-17H2,1-4H3/b6-5+,26-14+. The lowest BCUT2D eigenvalue weighted by Crippen LogP contribution is -2.05. The molecule has 162 valence electrons. The summed E-state index contributed by atoms with van der Waals surface area (Å²) in [4.78, 5) is 4.66. The van der Waals surface area contributed by atoms with Gasteiger partial charge in [-0.1, -0.05) is 29.4 Å². The molecule has 0 heterocycles. The Kier molecular flexibility index (Phi) is 10.3. The van der Waals surface area contributed by atoms with Crippen molar-refractivity contribution >= 4 is 6.21 Å². The second-order valence-corrected chi connectivity index (χ2v) is 6.99. The van der Waals surface area contributed by atoms with Crippen LogP contribution in [0.1, 0.15) is 36.5 Å². The van der Waals surface area contributed by atoms with E-state index in [1.54, 1.807) is 13.3 Å². The van der Waals surface area contributed by atoms with Crippen LogP contribution in [0, 0.1) is 13.8 Å². The zero-order valence-corrected chi connectivity index (χ0v) is 18.5. The SMILES string of the molecule is C/C=C/COc1cc(C)c(OCCCCOc2ccc(C/C=N/OC)cc2)c(C)c1. The predicted molar refractivity (Wildman–Crippen MR) is 122 cm³/mol. The van der Waals surface area contributed by atoms with E-state index in [2.05, 4.69) is 23.8 Å². The molecule has 0 amide bonds. The number of rotatable bonds is 13. The molecule has 0 spiro atoms. The zero-order valence-electron chi connectivity index (χ0n) is 18.5. The fourth-order valence-corrected chi connectivity index (χ4v) is 2.97. The molecule has 2 rings (SSSR count). The van der Waals surface area contributed by atoms with E-state index in [4.69, 9.17) is 14.2 Å². The Morgan fingerprint density at radius 2 is 1.53 bits per heavy atom. The van der Waals surface area contributed by atoms with Crippen LogP contribution in [0.4, 0.5) is 0 Å². The van der Waals surface area contributed by atoms with E-state index in [-0.39, 0.29) is 0 Å². The van der Waals surface area contributed by atoms with Crippen molar-refractivity contribution in [1.29, 1.82) is 0 Å². The topological polar surface area (TPSA) is 49.3 Å². The molecule has 0 aliphatic rings. The zero-order chi connectivity index (χ0) is 21.6. The largest absolute Gasteiger partial charge is 0.494 e. The molecule has 2 aromatic carbocycles. The molecule has 30 heavy (non-hydrogen) atoms. The molecule has 0 aromatic heterocycles. The van der Waals surface area contributed by atoms with Gasteiger partial charge in [0, 0.05) is 12.6 Å². The minimum atomic E-state index is 0.584. The van der Waals surface area contributed by atoms with Gasteiger partial charge in [-0.05, 0) is 74.6 Å². The van der Waals surface area contributed by atoms with Crippen molar-refractivity contribution in [3.63, 3.8) is 0 Å². The van der Waals surface area contributed by atoms with Gasteiger partial charge in [0.05, 0.1) is 13.2 Å². The van der Waals surface area contributed by atoms with Crippen LogP contribution in [0.25, 0.3) is 0 Å². The first-order chi connectivity index (χ1) is 14.6. The van der Waals surface area contributed by atoms with Gasteiger partial charge in [-0.3, -0.25) is 0 Å². The van der Waals surface area contributed by atoms with Crippen LogP contribution in [0.3, 0.4) is 0 Å². The first-order valence-corrected chi connectivity index (χ1v) is 10.4. The number of aryl methyl sites for hydroxylation is 2. The molecule has 5 nitrogen and oxygen atoms in total. The molecule has 0 unspecified atom stereocenters. The lowest BCUT2D eigenvalue weighted by atomic mass is 10.1. The van der Waals surface area contributed by atoms with Crippen LogP contribution < -0.4 is 14.2 Å². The van der Waals surface area contributed by atoms with Gasteiger partial charge in [0.25, 0.3) is 0 Å². The minimum Gasteiger partial charge on any atom is -0.494 e. The molecule has 5 heteroatoms. The fourth-order valence-electron chi connectivity index (χ4n) is 2.97. The average molecular weight is 412 g/mol. The van der Waals surface area contributed by atoms with Gasteiger partial charge >= 0.3 is 0 Å². The highest BCUT2D eigenvalue weighted by Crippen LogP contribution is 2.28. The van der Waals surface area contributed by atoms with Gasteiger partial charge in [0.15, 0.2) is 0 Å². The van der Waals surface area contributed by atoms with Crippen molar-refractivity contribution < 1.29 is 19.0 Å². The van der Waals surface area contributed by atoms with Gasteiger partial charge in [-0.2, -0.15) is 0 Å². The summed E-state index contributed by atoms with van der Waals surface area (Å²) in [6.07, 6.45) is 8.32. The highest BCUT2D eigenvalue weighted by molar-refractivity contribution is 5.60. The highest BCUT2D eigenvalue weighted by Gasteiger charge is 2.07. The summed E-state index contributed by atoms with van der Waals surface area (Å²) in [5.41, 5.74) is 3.36. The van der Waals surface area contributed by atoms with Crippen LogP contribution >= 0.6 is 0 Å². The number of benzene rings is 2. The first-order valence-electron chi connectivity index (χ1n) is 10.4. The van der Waals surface area contributed by atoms with E-state index in [1.165, 1.54) is 5.56 Å². The van der Waals surface area contributed by atoms with Crippen molar-refractivity contribution in [3.05, 3.63) is 65.2 Å². The summed E-state index contributed by atoms with van der Waals surface area (Å²) in [7, 11) is 1.54. The number of unbranched alkanes of at least 4 members (excludes halogenated alkanes) is 1. The van der Waals surface area contributed by atoms with Gasteiger partial charge < -0.3 is 19.0 Å². The summed E-state index contributed by atoms with van der Waals surface area (Å²) >= 11 is 0. The van der Waals surface area contributed by atoms with Crippen molar-refractivity contribution in [2.75, 3.05) is 26.9 Å². The summed E-state index contributed by atoms with van der Waals surface area (Å²) in [5, 5.41) is 3.74. The van der Waals surface area contributed by atoms with Crippen LogP contribution in [0.2, 0.25) is 0 Å². The number of nitrogens with zero attached hydrogens (tertiary/aromatic N) is 1. The molecule has 0 saturated carbocycles. The normalized spacial score (nSPS) is 11.2.